The fourth-order valence-electron chi connectivity index (χ4n) is 1.87. The van der Waals surface area contributed by atoms with Gasteiger partial charge in [-0.05, 0) is 12.5 Å². The summed E-state index contributed by atoms with van der Waals surface area (Å²) in [6.45, 7) is 1.45. The van der Waals surface area contributed by atoms with Crippen molar-refractivity contribution in [2.75, 3.05) is 0 Å². The van der Waals surface area contributed by atoms with Crippen LogP contribution in [0.2, 0.25) is 0 Å². The molecule has 0 radical (unpaired) electrons. The molecule has 0 aliphatic heterocycles. The molecule has 0 saturated heterocycles. The molecule has 3 aromatic rings. The van der Waals surface area contributed by atoms with Crippen molar-refractivity contribution in [2.45, 2.75) is 13.1 Å². The molecular formula is C14H9F3N4O2S. The molecule has 10 heteroatoms. The lowest BCUT2D eigenvalue weighted by atomic mass is 10.2. The molecule has 24 heavy (non-hydrogen) atoms. The molecule has 3 rings (SSSR count). The van der Waals surface area contributed by atoms with Crippen molar-refractivity contribution in [1.29, 1.82) is 0 Å². The Balaban J connectivity index is 1.79. The van der Waals surface area contributed by atoms with Gasteiger partial charge in [0.25, 0.3) is 5.82 Å². The first-order valence-electron chi connectivity index (χ1n) is 6.59. The van der Waals surface area contributed by atoms with Crippen LogP contribution >= 0.6 is 11.3 Å². The molecular weight excluding hydrogens is 345 g/mol. The average molecular weight is 354 g/mol. The summed E-state index contributed by atoms with van der Waals surface area (Å²) >= 11 is 0.756. The van der Waals surface area contributed by atoms with Gasteiger partial charge in [-0.25, -0.2) is 9.31 Å². The highest BCUT2D eigenvalue weighted by atomic mass is 32.1. The van der Waals surface area contributed by atoms with Gasteiger partial charge < -0.3 is 4.84 Å². The minimum atomic E-state index is -4.64. The summed E-state index contributed by atoms with van der Waals surface area (Å²) in [5.74, 6) is -2.04. The molecule has 1 aromatic carbocycles. The number of oxime groups is 1. The van der Waals surface area contributed by atoms with Crippen LogP contribution in [0, 0.1) is 6.92 Å². The predicted octanol–water partition coefficient (Wildman–Crippen LogP) is 3.31. The van der Waals surface area contributed by atoms with Gasteiger partial charge in [0, 0.05) is 0 Å². The van der Waals surface area contributed by atoms with Crippen molar-refractivity contribution in [2.24, 2.45) is 5.16 Å². The Kier molecular flexibility index (Phi) is 4.06. The normalized spacial score (nSPS) is 12.2. The van der Waals surface area contributed by atoms with Crippen LogP contribution in [0.5, 0.6) is 0 Å². The molecule has 0 amide bonds. The highest BCUT2D eigenvalue weighted by molar-refractivity contribution is 7.18. The zero-order valence-corrected chi connectivity index (χ0v) is 12.9. The first-order valence-corrected chi connectivity index (χ1v) is 7.41. The third-order valence-electron chi connectivity index (χ3n) is 2.99. The van der Waals surface area contributed by atoms with Crippen LogP contribution in [-0.2, 0) is 11.0 Å². The number of hydrogen-bond acceptors (Lipinski definition) is 6. The molecule has 0 unspecified atom stereocenters. The highest BCUT2D eigenvalue weighted by Crippen LogP contribution is 2.29. The number of thiazole rings is 1. The summed E-state index contributed by atoms with van der Waals surface area (Å²) in [5, 5.41) is 6.93. The Labute approximate surface area is 137 Å². The molecule has 0 aliphatic carbocycles. The summed E-state index contributed by atoms with van der Waals surface area (Å²) in [6.07, 6.45) is -3.29. The number of fused-ring (bicyclic) bond motifs is 1. The van der Waals surface area contributed by atoms with E-state index < -0.39 is 18.0 Å². The lowest BCUT2D eigenvalue weighted by Gasteiger charge is -1.99. The van der Waals surface area contributed by atoms with E-state index in [1.54, 1.807) is 24.3 Å². The van der Waals surface area contributed by atoms with Gasteiger partial charge in [0.2, 0.25) is 4.96 Å². The molecule has 124 valence electrons. The molecule has 2 heterocycles. The van der Waals surface area contributed by atoms with Gasteiger partial charge in [0.05, 0.1) is 11.9 Å². The smallest absolute Gasteiger partial charge is 0.312 e. The lowest BCUT2D eigenvalue weighted by Crippen LogP contribution is -2.08. The Hall–Kier alpha value is -2.75. The van der Waals surface area contributed by atoms with Gasteiger partial charge in [0.15, 0.2) is 0 Å². The number of carbonyl (C=O) groups excluding carboxylic acids is 1. The third kappa shape index (κ3) is 3.13. The van der Waals surface area contributed by atoms with Crippen LogP contribution in [0.1, 0.15) is 26.8 Å². The Morgan fingerprint density at radius 1 is 1.33 bits per heavy atom. The number of hydrogen-bond donors (Lipinski definition) is 0. The highest BCUT2D eigenvalue weighted by Gasteiger charge is 2.37. The van der Waals surface area contributed by atoms with E-state index in [0.717, 1.165) is 21.4 Å². The van der Waals surface area contributed by atoms with E-state index in [4.69, 9.17) is 4.84 Å². The fraction of sp³-hybridized carbons (Fsp3) is 0.143. The summed E-state index contributed by atoms with van der Waals surface area (Å²) < 4.78 is 38.7. The van der Waals surface area contributed by atoms with Crippen molar-refractivity contribution in [3.8, 4) is 0 Å². The first-order chi connectivity index (χ1) is 11.4. The zero-order chi connectivity index (χ0) is 17.3. The van der Waals surface area contributed by atoms with Crippen molar-refractivity contribution in [1.82, 2.24) is 14.6 Å². The molecule has 0 N–H and O–H groups in total. The minimum Gasteiger partial charge on any atom is -0.312 e. The van der Waals surface area contributed by atoms with Gasteiger partial charge in [-0.3, -0.25) is 0 Å². The molecule has 0 spiro atoms. The van der Waals surface area contributed by atoms with Crippen molar-refractivity contribution in [3.05, 3.63) is 52.3 Å². The van der Waals surface area contributed by atoms with Crippen LogP contribution in [0.15, 0.2) is 35.5 Å². The number of carbonyl (C=O) groups is 1. The standard InChI is InChI=1S/C14H9F3N4O2S/c1-8-10(11(22)23-18-7-9-5-3-2-4-6-9)24-13-19-12(14(15,16)17)20-21(8)13/h2-7H,1H3/b18-7-. The molecule has 0 aliphatic rings. The summed E-state index contributed by atoms with van der Waals surface area (Å²) in [5.41, 5.74) is 0.942. The summed E-state index contributed by atoms with van der Waals surface area (Å²) in [4.78, 5) is 20.2. The van der Waals surface area contributed by atoms with E-state index in [2.05, 4.69) is 15.2 Å². The van der Waals surface area contributed by atoms with Crippen molar-refractivity contribution >= 4 is 28.5 Å². The molecule has 0 saturated carbocycles. The van der Waals surface area contributed by atoms with E-state index in [9.17, 15) is 18.0 Å². The molecule has 0 fully saturated rings. The maximum Gasteiger partial charge on any atom is 0.453 e. The second kappa shape index (κ2) is 6.04. The fourth-order valence-corrected chi connectivity index (χ4v) is 2.80. The predicted molar refractivity (Wildman–Crippen MR) is 80.1 cm³/mol. The Bertz CT molecular complexity index is 915. The van der Waals surface area contributed by atoms with Gasteiger partial charge in [-0.15, -0.1) is 5.10 Å². The number of alkyl halides is 3. The van der Waals surface area contributed by atoms with Crippen molar-refractivity contribution < 1.29 is 22.8 Å². The number of rotatable bonds is 3. The van der Waals surface area contributed by atoms with Gasteiger partial charge >= 0.3 is 12.1 Å². The average Bonchev–Trinajstić information content (AvgIpc) is 3.08. The zero-order valence-electron chi connectivity index (χ0n) is 12.1. The Morgan fingerprint density at radius 2 is 2.04 bits per heavy atom. The topological polar surface area (TPSA) is 68.8 Å². The van der Waals surface area contributed by atoms with E-state index >= 15 is 0 Å². The van der Waals surface area contributed by atoms with Crippen LogP contribution in [0.3, 0.4) is 0 Å². The van der Waals surface area contributed by atoms with Gasteiger partial charge in [-0.1, -0.05) is 46.8 Å². The minimum absolute atomic E-state index is 0.0428. The molecule has 6 nitrogen and oxygen atoms in total. The SMILES string of the molecule is Cc1c(C(=O)O/N=C\c2ccccc2)sc2nc(C(F)(F)F)nn12. The van der Waals surface area contributed by atoms with Crippen LogP contribution < -0.4 is 0 Å². The number of nitrogens with zero attached hydrogens (tertiary/aromatic N) is 4. The molecule has 0 atom stereocenters. The second-order valence-corrected chi connectivity index (χ2v) is 5.65. The maximum absolute atomic E-state index is 12.6. The number of aryl methyl sites for hydroxylation is 1. The van der Waals surface area contributed by atoms with Crippen molar-refractivity contribution in [3.63, 3.8) is 0 Å². The monoisotopic (exact) mass is 354 g/mol. The first kappa shape index (κ1) is 16.1. The quantitative estimate of drug-likeness (QED) is 0.411. The van der Waals surface area contributed by atoms with E-state index in [1.165, 1.54) is 13.1 Å². The van der Waals surface area contributed by atoms with Crippen LogP contribution in [0.25, 0.3) is 4.96 Å². The largest absolute Gasteiger partial charge is 0.453 e. The van der Waals surface area contributed by atoms with Gasteiger partial charge in [0.1, 0.15) is 4.88 Å². The van der Waals surface area contributed by atoms with E-state index in [0.29, 0.717) is 0 Å². The lowest BCUT2D eigenvalue weighted by molar-refractivity contribution is -0.144. The molecule has 2 aromatic heterocycles. The number of benzene rings is 1. The summed E-state index contributed by atoms with van der Waals surface area (Å²) in [7, 11) is 0. The third-order valence-corrected chi connectivity index (χ3v) is 4.11. The second-order valence-electron chi connectivity index (χ2n) is 4.67. The van der Waals surface area contributed by atoms with Crippen LogP contribution in [-0.4, -0.2) is 26.8 Å². The molecule has 0 bridgehead atoms. The summed E-state index contributed by atoms with van der Waals surface area (Å²) in [6, 6.07) is 8.96. The number of halogens is 3. The van der Waals surface area contributed by atoms with Crippen LogP contribution in [0.4, 0.5) is 13.2 Å². The Morgan fingerprint density at radius 3 is 2.67 bits per heavy atom. The van der Waals surface area contributed by atoms with E-state index in [-0.39, 0.29) is 15.5 Å². The van der Waals surface area contributed by atoms with E-state index in [1.807, 2.05) is 6.07 Å². The number of aromatic nitrogens is 3. The van der Waals surface area contributed by atoms with Gasteiger partial charge in [-0.2, -0.15) is 18.2 Å². The maximum atomic E-state index is 12.6.